The van der Waals surface area contributed by atoms with Crippen LogP contribution in [-0.4, -0.2) is 41.7 Å². The molecule has 1 N–H and O–H groups in total. The Morgan fingerprint density at radius 3 is 2.53 bits per heavy atom. The number of aromatic nitrogens is 2. The van der Waals surface area contributed by atoms with E-state index in [1.807, 2.05) is 22.6 Å². The van der Waals surface area contributed by atoms with Gasteiger partial charge in [0, 0.05) is 13.6 Å². The highest BCUT2D eigenvalue weighted by Gasteiger charge is 2.25. The zero-order valence-corrected chi connectivity index (χ0v) is 14.1. The van der Waals surface area contributed by atoms with Crippen LogP contribution in [0.2, 0.25) is 0 Å². The first-order chi connectivity index (χ1) is 8.70. The van der Waals surface area contributed by atoms with Crippen molar-refractivity contribution in [1.29, 1.82) is 0 Å². The van der Waals surface area contributed by atoms with Crippen molar-refractivity contribution in [3.63, 3.8) is 0 Å². The van der Waals surface area contributed by atoms with E-state index >= 15 is 0 Å². The Balaban J connectivity index is 2.91. The summed E-state index contributed by atoms with van der Waals surface area (Å²) < 4.78 is 32.2. The number of ether oxygens (including phenoxy) is 1. The molecule has 1 rings (SSSR count). The van der Waals surface area contributed by atoms with Crippen LogP contribution in [-0.2, 0) is 26.6 Å². The SMILES string of the molecule is COC(=O)C(I)CNS(=O)(=O)c1c(C)nn(C)c1C. The molecule has 0 aliphatic heterocycles. The van der Waals surface area contributed by atoms with Crippen LogP contribution in [0.25, 0.3) is 0 Å². The molecule has 0 aliphatic carbocycles. The molecule has 0 aliphatic rings. The van der Waals surface area contributed by atoms with Crippen molar-refractivity contribution in [3.05, 3.63) is 11.4 Å². The Hall–Kier alpha value is -0.680. The summed E-state index contributed by atoms with van der Waals surface area (Å²) in [4.78, 5) is 11.4. The quantitative estimate of drug-likeness (QED) is 0.435. The predicted molar refractivity (Wildman–Crippen MR) is 77.7 cm³/mol. The Morgan fingerprint density at radius 1 is 1.53 bits per heavy atom. The zero-order chi connectivity index (χ0) is 14.8. The fourth-order valence-electron chi connectivity index (χ4n) is 1.61. The van der Waals surface area contributed by atoms with Crippen molar-refractivity contribution < 1.29 is 17.9 Å². The fraction of sp³-hybridized carbons (Fsp3) is 0.600. The molecule has 19 heavy (non-hydrogen) atoms. The molecule has 0 bridgehead atoms. The lowest BCUT2D eigenvalue weighted by Gasteiger charge is -2.10. The number of alkyl halides is 1. The van der Waals surface area contributed by atoms with Gasteiger partial charge in [0.05, 0.1) is 18.5 Å². The van der Waals surface area contributed by atoms with Crippen molar-refractivity contribution in [2.75, 3.05) is 13.7 Å². The summed E-state index contributed by atoms with van der Waals surface area (Å²) in [5.41, 5.74) is 0.976. The number of nitrogens with zero attached hydrogens (tertiary/aromatic N) is 2. The van der Waals surface area contributed by atoms with Crippen LogP contribution in [0.5, 0.6) is 0 Å². The molecule has 0 aromatic carbocycles. The number of aryl methyl sites for hydroxylation is 2. The van der Waals surface area contributed by atoms with E-state index in [2.05, 4.69) is 14.6 Å². The average Bonchev–Trinajstić information content (AvgIpc) is 2.59. The molecule has 9 heteroatoms. The second-order valence-corrected chi connectivity index (χ2v) is 7.17. The van der Waals surface area contributed by atoms with Crippen molar-refractivity contribution in [2.45, 2.75) is 22.7 Å². The maximum absolute atomic E-state index is 12.2. The third-order valence-corrected chi connectivity index (χ3v) is 5.24. The Kier molecular flexibility index (Phi) is 5.33. The van der Waals surface area contributed by atoms with Gasteiger partial charge in [-0.25, -0.2) is 13.1 Å². The average molecular weight is 401 g/mol. The summed E-state index contributed by atoms with van der Waals surface area (Å²) >= 11 is 1.83. The van der Waals surface area contributed by atoms with E-state index < -0.39 is 19.9 Å². The Labute approximate surface area is 125 Å². The second kappa shape index (κ2) is 6.18. The third-order valence-electron chi connectivity index (χ3n) is 2.62. The fourth-order valence-corrected chi connectivity index (χ4v) is 3.86. The van der Waals surface area contributed by atoms with Gasteiger partial charge in [0.25, 0.3) is 0 Å². The Morgan fingerprint density at radius 2 is 2.11 bits per heavy atom. The minimum absolute atomic E-state index is 0.0245. The Bertz CT molecular complexity index is 582. The van der Waals surface area contributed by atoms with Crippen molar-refractivity contribution in [1.82, 2.24) is 14.5 Å². The molecule has 7 nitrogen and oxygen atoms in total. The molecule has 0 fully saturated rings. The molecule has 1 atom stereocenters. The van der Waals surface area contributed by atoms with Crippen LogP contribution in [0.1, 0.15) is 11.4 Å². The number of sulfonamides is 1. The van der Waals surface area contributed by atoms with Crippen LogP contribution in [0, 0.1) is 13.8 Å². The molecule has 1 aromatic rings. The van der Waals surface area contributed by atoms with E-state index in [1.165, 1.54) is 11.8 Å². The molecule has 0 saturated carbocycles. The predicted octanol–water partition coefficient (Wildman–Crippen LogP) is 0.292. The van der Waals surface area contributed by atoms with Crippen molar-refractivity contribution in [2.24, 2.45) is 7.05 Å². The van der Waals surface area contributed by atoms with Gasteiger partial charge < -0.3 is 4.74 Å². The first-order valence-corrected chi connectivity index (χ1v) is 8.15. The number of halogens is 1. The topological polar surface area (TPSA) is 90.3 Å². The summed E-state index contributed by atoms with van der Waals surface area (Å²) in [6, 6.07) is 0. The molecule has 0 amide bonds. The van der Waals surface area contributed by atoms with E-state index in [1.54, 1.807) is 20.9 Å². The number of hydrogen-bond donors (Lipinski definition) is 1. The lowest BCUT2D eigenvalue weighted by molar-refractivity contribution is -0.139. The number of nitrogens with one attached hydrogen (secondary N) is 1. The number of hydrogen-bond acceptors (Lipinski definition) is 5. The van der Waals surface area contributed by atoms with E-state index in [9.17, 15) is 13.2 Å². The van der Waals surface area contributed by atoms with Crippen LogP contribution in [0.15, 0.2) is 4.90 Å². The van der Waals surface area contributed by atoms with E-state index in [0.29, 0.717) is 11.4 Å². The molecule has 0 radical (unpaired) electrons. The van der Waals surface area contributed by atoms with Crippen LogP contribution in [0.4, 0.5) is 0 Å². The molecule has 0 spiro atoms. The first-order valence-electron chi connectivity index (χ1n) is 5.42. The highest BCUT2D eigenvalue weighted by atomic mass is 127. The van der Waals surface area contributed by atoms with Gasteiger partial charge in [0.1, 0.15) is 8.82 Å². The molecule has 0 saturated heterocycles. The number of carbonyl (C=O) groups is 1. The van der Waals surface area contributed by atoms with E-state index in [0.717, 1.165) is 0 Å². The molecule has 1 heterocycles. The summed E-state index contributed by atoms with van der Waals surface area (Å²) in [7, 11) is -0.744. The molecule has 1 aromatic heterocycles. The number of carbonyl (C=O) groups excluding carboxylic acids is 1. The third kappa shape index (κ3) is 3.66. The van der Waals surface area contributed by atoms with Gasteiger partial charge in [-0.3, -0.25) is 9.48 Å². The normalized spacial score (nSPS) is 13.3. The number of esters is 1. The summed E-state index contributed by atoms with van der Waals surface area (Å²) in [6.07, 6.45) is 0. The standard InChI is InChI=1S/C10H16IN3O4S/c1-6-9(7(2)14(3)13-6)19(16,17)12-5-8(11)10(15)18-4/h8,12H,5H2,1-4H3. The summed E-state index contributed by atoms with van der Waals surface area (Å²) in [5, 5.41) is 4.06. The van der Waals surface area contributed by atoms with Gasteiger partial charge in [0.2, 0.25) is 10.0 Å². The van der Waals surface area contributed by atoms with Crippen LogP contribution in [0.3, 0.4) is 0 Å². The smallest absolute Gasteiger partial charge is 0.319 e. The van der Waals surface area contributed by atoms with Gasteiger partial charge in [-0.15, -0.1) is 0 Å². The summed E-state index contributed by atoms with van der Waals surface area (Å²) in [6.45, 7) is 3.28. The summed E-state index contributed by atoms with van der Waals surface area (Å²) in [5.74, 6) is -0.470. The molecular formula is C10H16IN3O4S. The number of methoxy groups -OCH3 is 1. The molecule has 108 valence electrons. The second-order valence-electron chi connectivity index (χ2n) is 3.97. The molecular weight excluding hydrogens is 385 g/mol. The van der Waals surface area contributed by atoms with E-state index in [4.69, 9.17) is 0 Å². The van der Waals surface area contributed by atoms with Crippen LogP contribution >= 0.6 is 22.6 Å². The lowest BCUT2D eigenvalue weighted by atomic mass is 10.4. The highest BCUT2D eigenvalue weighted by Crippen LogP contribution is 2.18. The van der Waals surface area contributed by atoms with Gasteiger partial charge in [-0.1, -0.05) is 22.6 Å². The lowest BCUT2D eigenvalue weighted by Crippen LogP contribution is -2.34. The van der Waals surface area contributed by atoms with Gasteiger partial charge in [-0.2, -0.15) is 5.10 Å². The largest absolute Gasteiger partial charge is 0.468 e. The van der Waals surface area contributed by atoms with Gasteiger partial charge in [-0.05, 0) is 13.8 Å². The van der Waals surface area contributed by atoms with E-state index in [-0.39, 0.29) is 11.4 Å². The van der Waals surface area contributed by atoms with Crippen molar-refractivity contribution in [3.8, 4) is 0 Å². The highest BCUT2D eigenvalue weighted by molar-refractivity contribution is 14.1. The monoisotopic (exact) mass is 401 g/mol. The van der Waals surface area contributed by atoms with Gasteiger partial charge >= 0.3 is 5.97 Å². The molecule has 1 unspecified atom stereocenters. The zero-order valence-electron chi connectivity index (χ0n) is 11.1. The maximum Gasteiger partial charge on any atom is 0.319 e. The maximum atomic E-state index is 12.2. The number of rotatable bonds is 5. The van der Waals surface area contributed by atoms with Crippen LogP contribution < -0.4 is 4.72 Å². The van der Waals surface area contributed by atoms with Crippen molar-refractivity contribution >= 4 is 38.6 Å². The minimum Gasteiger partial charge on any atom is -0.468 e. The first kappa shape index (κ1) is 16.4. The van der Waals surface area contributed by atoms with Gasteiger partial charge in [0.15, 0.2) is 0 Å². The minimum atomic E-state index is -3.68.